The Labute approximate surface area is 83.0 Å². The number of nitrogens with zero attached hydrogens (tertiary/aromatic N) is 4. The van der Waals surface area contributed by atoms with Gasteiger partial charge in [0, 0.05) is 18.3 Å². The van der Waals surface area contributed by atoms with E-state index in [9.17, 15) is 0 Å². The maximum atomic E-state index is 8.79. The van der Waals surface area contributed by atoms with Crippen molar-refractivity contribution < 1.29 is 4.74 Å². The van der Waals surface area contributed by atoms with Gasteiger partial charge in [0.2, 0.25) is 11.8 Å². The number of nitriles is 1. The van der Waals surface area contributed by atoms with Gasteiger partial charge in [-0.15, -0.1) is 0 Å². The van der Waals surface area contributed by atoms with Gasteiger partial charge in [-0.05, 0) is 13.8 Å². The van der Waals surface area contributed by atoms with Crippen molar-refractivity contribution in [3.8, 4) is 12.1 Å². The normalized spacial score (nSPS) is 9.29. The second-order valence-corrected chi connectivity index (χ2v) is 2.70. The van der Waals surface area contributed by atoms with Crippen LogP contribution in [0, 0.1) is 18.4 Å². The molecule has 1 aromatic heterocycles. The van der Waals surface area contributed by atoms with Crippen molar-refractivity contribution in [3.05, 3.63) is 11.8 Å². The Hall–Kier alpha value is -1.83. The van der Waals surface area contributed by atoms with Crippen LogP contribution in [0.15, 0.2) is 6.07 Å². The van der Waals surface area contributed by atoms with E-state index < -0.39 is 0 Å². The molecule has 0 atom stereocenters. The summed E-state index contributed by atoms with van der Waals surface area (Å²) in [6, 6.07) is 1.72. The molecule has 1 rings (SSSR count). The Morgan fingerprint density at radius 2 is 2.29 bits per heavy atom. The lowest BCUT2D eigenvalue weighted by atomic mass is 10.4. The highest BCUT2D eigenvalue weighted by atomic mass is 16.5. The van der Waals surface area contributed by atoms with Crippen LogP contribution in [0.1, 0.15) is 12.6 Å². The van der Waals surface area contributed by atoms with Crippen LogP contribution in [0.4, 0.5) is 5.95 Å². The van der Waals surface area contributed by atoms with Gasteiger partial charge in [0.05, 0.1) is 7.11 Å². The first-order valence-corrected chi connectivity index (χ1v) is 4.28. The van der Waals surface area contributed by atoms with Crippen molar-refractivity contribution in [2.75, 3.05) is 18.6 Å². The summed E-state index contributed by atoms with van der Waals surface area (Å²) in [6.07, 6.45) is 2.00. The van der Waals surface area contributed by atoms with Gasteiger partial charge in [0.15, 0.2) is 6.19 Å². The fourth-order valence-corrected chi connectivity index (χ4v) is 1.01. The van der Waals surface area contributed by atoms with Crippen LogP contribution in [-0.2, 0) is 0 Å². The van der Waals surface area contributed by atoms with E-state index in [1.807, 2.05) is 20.0 Å². The summed E-state index contributed by atoms with van der Waals surface area (Å²) in [5, 5.41) is 8.79. The van der Waals surface area contributed by atoms with E-state index in [1.165, 1.54) is 12.0 Å². The van der Waals surface area contributed by atoms with Crippen molar-refractivity contribution in [1.29, 1.82) is 5.26 Å². The average Bonchev–Trinajstić information content (AvgIpc) is 2.19. The Kier molecular flexibility index (Phi) is 3.24. The third-order valence-electron chi connectivity index (χ3n) is 1.71. The summed E-state index contributed by atoms with van der Waals surface area (Å²) in [7, 11) is 1.54. The molecule has 0 fully saturated rings. The molecule has 1 heterocycles. The molecule has 5 heteroatoms. The van der Waals surface area contributed by atoms with Gasteiger partial charge in [-0.25, -0.2) is 9.88 Å². The summed E-state index contributed by atoms with van der Waals surface area (Å²) in [6.45, 7) is 4.24. The summed E-state index contributed by atoms with van der Waals surface area (Å²) in [4.78, 5) is 9.60. The van der Waals surface area contributed by atoms with Gasteiger partial charge in [-0.2, -0.15) is 10.2 Å². The molecule has 0 radical (unpaired) electrons. The van der Waals surface area contributed by atoms with E-state index in [1.54, 1.807) is 6.07 Å². The van der Waals surface area contributed by atoms with Gasteiger partial charge in [-0.3, -0.25) is 0 Å². The van der Waals surface area contributed by atoms with Crippen LogP contribution >= 0.6 is 0 Å². The zero-order valence-electron chi connectivity index (χ0n) is 8.48. The van der Waals surface area contributed by atoms with Gasteiger partial charge >= 0.3 is 0 Å². The van der Waals surface area contributed by atoms with Crippen LogP contribution in [0.3, 0.4) is 0 Å². The van der Waals surface area contributed by atoms with Crippen molar-refractivity contribution in [3.63, 3.8) is 0 Å². The van der Waals surface area contributed by atoms with E-state index >= 15 is 0 Å². The number of ether oxygens (including phenoxy) is 1. The number of aryl methyl sites for hydroxylation is 1. The highest BCUT2D eigenvalue weighted by molar-refractivity contribution is 5.38. The first kappa shape index (κ1) is 10.3. The topological polar surface area (TPSA) is 62.0 Å². The lowest BCUT2D eigenvalue weighted by molar-refractivity contribution is 0.396. The van der Waals surface area contributed by atoms with Crippen LogP contribution in [0.2, 0.25) is 0 Å². The SMILES string of the molecule is CCN(C#N)c1nc(C)cc(OC)n1. The third kappa shape index (κ3) is 2.10. The van der Waals surface area contributed by atoms with Crippen molar-refractivity contribution in [2.24, 2.45) is 0 Å². The van der Waals surface area contributed by atoms with Gasteiger partial charge in [0.25, 0.3) is 0 Å². The lowest BCUT2D eigenvalue weighted by Crippen LogP contribution is -2.18. The molecule has 0 aliphatic heterocycles. The molecule has 0 amide bonds. The first-order valence-electron chi connectivity index (χ1n) is 4.28. The van der Waals surface area contributed by atoms with E-state index in [2.05, 4.69) is 9.97 Å². The number of hydrogen-bond donors (Lipinski definition) is 0. The van der Waals surface area contributed by atoms with Crippen LogP contribution in [0.25, 0.3) is 0 Å². The predicted molar refractivity (Wildman–Crippen MR) is 52.0 cm³/mol. The van der Waals surface area contributed by atoms with E-state index in [0.717, 1.165) is 5.69 Å². The van der Waals surface area contributed by atoms with Crippen molar-refractivity contribution in [1.82, 2.24) is 9.97 Å². The molecule has 74 valence electrons. The Morgan fingerprint density at radius 1 is 1.57 bits per heavy atom. The number of aromatic nitrogens is 2. The molecule has 0 aliphatic rings. The number of rotatable bonds is 3. The largest absolute Gasteiger partial charge is 0.481 e. The summed E-state index contributed by atoms with van der Waals surface area (Å²) >= 11 is 0. The van der Waals surface area contributed by atoms with E-state index in [-0.39, 0.29) is 0 Å². The third-order valence-corrected chi connectivity index (χ3v) is 1.71. The standard InChI is InChI=1S/C9H12N4O/c1-4-13(6-10)9-11-7(2)5-8(12-9)14-3/h5H,4H2,1-3H3. The van der Waals surface area contributed by atoms with Crippen molar-refractivity contribution >= 4 is 5.95 Å². The van der Waals surface area contributed by atoms with Crippen LogP contribution < -0.4 is 9.64 Å². The molecule has 0 saturated heterocycles. The minimum absolute atomic E-state index is 0.381. The molecule has 0 unspecified atom stereocenters. The highest BCUT2D eigenvalue weighted by Crippen LogP contribution is 2.13. The zero-order chi connectivity index (χ0) is 10.6. The number of anilines is 1. The monoisotopic (exact) mass is 192 g/mol. The molecule has 0 N–H and O–H groups in total. The molecular formula is C9H12N4O. The molecule has 14 heavy (non-hydrogen) atoms. The highest BCUT2D eigenvalue weighted by Gasteiger charge is 2.08. The fraction of sp³-hybridized carbons (Fsp3) is 0.444. The maximum absolute atomic E-state index is 8.79. The zero-order valence-corrected chi connectivity index (χ0v) is 8.48. The Balaban J connectivity index is 3.09. The molecule has 1 aromatic rings. The molecule has 0 spiro atoms. The predicted octanol–water partition coefficient (Wildman–Crippen LogP) is 1.10. The smallest absolute Gasteiger partial charge is 0.242 e. The molecule has 0 aliphatic carbocycles. The minimum Gasteiger partial charge on any atom is -0.481 e. The summed E-state index contributed by atoms with van der Waals surface area (Å²) in [5.41, 5.74) is 0.778. The molecule has 0 bridgehead atoms. The second-order valence-electron chi connectivity index (χ2n) is 2.70. The van der Waals surface area contributed by atoms with Crippen molar-refractivity contribution in [2.45, 2.75) is 13.8 Å². The maximum Gasteiger partial charge on any atom is 0.242 e. The quantitative estimate of drug-likeness (QED) is 0.530. The lowest BCUT2D eigenvalue weighted by Gasteiger charge is -2.11. The molecule has 0 saturated carbocycles. The molecule has 5 nitrogen and oxygen atoms in total. The van der Waals surface area contributed by atoms with E-state index in [4.69, 9.17) is 10.00 Å². The van der Waals surface area contributed by atoms with E-state index in [0.29, 0.717) is 18.4 Å². The Bertz CT molecular complexity index is 358. The summed E-state index contributed by atoms with van der Waals surface area (Å²) < 4.78 is 4.99. The summed E-state index contributed by atoms with van der Waals surface area (Å²) in [5.74, 6) is 0.855. The first-order chi connectivity index (χ1) is 6.71. The van der Waals surface area contributed by atoms with Crippen LogP contribution in [-0.4, -0.2) is 23.6 Å². The van der Waals surface area contributed by atoms with Gasteiger partial charge in [-0.1, -0.05) is 0 Å². The fourth-order valence-electron chi connectivity index (χ4n) is 1.01. The number of methoxy groups -OCH3 is 1. The Morgan fingerprint density at radius 3 is 2.79 bits per heavy atom. The second kappa shape index (κ2) is 4.42. The molecule has 0 aromatic carbocycles. The number of hydrogen-bond acceptors (Lipinski definition) is 5. The van der Waals surface area contributed by atoms with Crippen LogP contribution in [0.5, 0.6) is 5.88 Å². The van der Waals surface area contributed by atoms with Gasteiger partial charge in [0.1, 0.15) is 0 Å². The minimum atomic E-state index is 0.381. The van der Waals surface area contributed by atoms with Gasteiger partial charge < -0.3 is 4.74 Å². The molecular weight excluding hydrogens is 180 g/mol. The average molecular weight is 192 g/mol.